The van der Waals surface area contributed by atoms with Crippen molar-refractivity contribution in [3.05, 3.63) is 28.8 Å². The number of nitrogens with one attached hydrogen (secondary N) is 1. The molecule has 6 heteroatoms. The molecule has 0 fully saturated rings. The van der Waals surface area contributed by atoms with Crippen LogP contribution in [0.4, 0.5) is 0 Å². The fourth-order valence-electron chi connectivity index (χ4n) is 2.03. The maximum atomic E-state index is 12.4. The van der Waals surface area contributed by atoms with E-state index in [1.165, 1.54) is 0 Å². The fraction of sp³-hybridized carbons (Fsp3) is 0.529. The number of carbonyl (C=O) groups excluding carboxylic acids is 1. The third-order valence-corrected chi connectivity index (χ3v) is 4.27. The Morgan fingerprint density at radius 1 is 1.35 bits per heavy atom. The number of hydrogen-bond donors (Lipinski definition) is 2. The lowest BCUT2D eigenvalue weighted by Crippen LogP contribution is -2.54. The zero-order valence-electron chi connectivity index (χ0n) is 14.1. The lowest BCUT2D eigenvalue weighted by atomic mass is 9.85. The molecule has 2 atom stereocenters. The van der Waals surface area contributed by atoms with Crippen LogP contribution in [0.1, 0.15) is 39.7 Å². The summed E-state index contributed by atoms with van der Waals surface area (Å²) in [5.74, 6) is -0.951. The number of amides is 1. The van der Waals surface area contributed by atoms with Crippen LogP contribution < -0.4 is 10.1 Å². The number of benzene rings is 1. The second kappa shape index (κ2) is 7.68. The number of carboxylic acids is 1. The normalized spacial score (nSPS) is 14.9. The highest BCUT2D eigenvalue weighted by Crippen LogP contribution is 2.27. The van der Waals surface area contributed by atoms with Crippen molar-refractivity contribution >= 4 is 23.5 Å². The monoisotopic (exact) mass is 341 g/mol. The number of aliphatic carboxylic acids is 1. The molecule has 0 aromatic heterocycles. The number of halogens is 1. The predicted molar refractivity (Wildman–Crippen MR) is 89.9 cm³/mol. The molecule has 0 saturated carbocycles. The number of rotatable bonds is 7. The van der Waals surface area contributed by atoms with Gasteiger partial charge >= 0.3 is 5.97 Å². The topological polar surface area (TPSA) is 75.6 Å². The predicted octanol–water partition coefficient (Wildman–Crippen LogP) is 3.42. The van der Waals surface area contributed by atoms with Crippen LogP contribution in [0, 0.1) is 12.8 Å². The summed E-state index contributed by atoms with van der Waals surface area (Å²) in [7, 11) is 0. The summed E-state index contributed by atoms with van der Waals surface area (Å²) < 4.78 is 5.63. The molecule has 0 heterocycles. The van der Waals surface area contributed by atoms with Gasteiger partial charge in [0.05, 0.1) is 17.0 Å². The van der Waals surface area contributed by atoms with Crippen molar-refractivity contribution in [1.29, 1.82) is 0 Å². The Kier molecular flexibility index (Phi) is 6.45. The van der Waals surface area contributed by atoms with Gasteiger partial charge in [0.1, 0.15) is 5.75 Å². The molecule has 0 aliphatic rings. The molecule has 2 unspecified atom stereocenters. The molecule has 2 N–H and O–H groups in total. The average molecular weight is 342 g/mol. The van der Waals surface area contributed by atoms with E-state index in [1.807, 2.05) is 26.8 Å². The molecule has 1 aromatic rings. The van der Waals surface area contributed by atoms with E-state index >= 15 is 0 Å². The highest BCUT2D eigenvalue weighted by atomic mass is 35.5. The molecule has 0 aliphatic heterocycles. The van der Waals surface area contributed by atoms with Crippen molar-refractivity contribution in [3.8, 4) is 5.75 Å². The van der Waals surface area contributed by atoms with E-state index in [0.29, 0.717) is 10.8 Å². The molecule has 5 nitrogen and oxygen atoms in total. The van der Waals surface area contributed by atoms with Crippen LogP contribution in [0.5, 0.6) is 5.75 Å². The smallest absolute Gasteiger partial charge is 0.305 e. The first-order valence-electron chi connectivity index (χ1n) is 7.52. The molecule has 0 radical (unpaired) electrons. The Bertz CT molecular complexity index is 588. The van der Waals surface area contributed by atoms with Crippen LogP contribution in [0.3, 0.4) is 0 Å². The molecule has 0 spiro atoms. The van der Waals surface area contributed by atoms with Crippen molar-refractivity contribution in [2.45, 2.75) is 52.7 Å². The third kappa shape index (κ3) is 5.43. The number of ether oxygens (including phenoxy) is 1. The Balaban J connectivity index is 2.83. The Labute approximate surface area is 142 Å². The highest BCUT2D eigenvalue weighted by molar-refractivity contribution is 6.32. The van der Waals surface area contributed by atoms with E-state index in [4.69, 9.17) is 21.4 Å². The molecule has 0 saturated heterocycles. The van der Waals surface area contributed by atoms with E-state index in [-0.39, 0.29) is 18.2 Å². The van der Waals surface area contributed by atoms with Gasteiger partial charge in [-0.2, -0.15) is 0 Å². The van der Waals surface area contributed by atoms with Gasteiger partial charge in [0.2, 0.25) is 0 Å². The Morgan fingerprint density at radius 2 is 1.96 bits per heavy atom. The summed E-state index contributed by atoms with van der Waals surface area (Å²) in [5.41, 5.74) is 0.117. The maximum absolute atomic E-state index is 12.4. The van der Waals surface area contributed by atoms with Gasteiger partial charge in [-0.15, -0.1) is 0 Å². The van der Waals surface area contributed by atoms with Crippen LogP contribution in [0.15, 0.2) is 18.2 Å². The fourth-order valence-corrected chi connectivity index (χ4v) is 2.20. The van der Waals surface area contributed by atoms with Crippen molar-refractivity contribution in [1.82, 2.24) is 5.32 Å². The summed E-state index contributed by atoms with van der Waals surface area (Å²) in [4.78, 5) is 23.4. The number of aryl methyl sites for hydroxylation is 1. The molecular weight excluding hydrogens is 318 g/mol. The molecule has 23 heavy (non-hydrogen) atoms. The molecule has 1 aromatic carbocycles. The summed E-state index contributed by atoms with van der Waals surface area (Å²) >= 11 is 6.06. The molecular formula is C17H24ClNO4. The molecule has 0 aliphatic carbocycles. The van der Waals surface area contributed by atoms with Crippen LogP contribution >= 0.6 is 11.6 Å². The summed E-state index contributed by atoms with van der Waals surface area (Å²) in [6.07, 6.45) is -0.949. The van der Waals surface area contributed by atoms with Crippen molar-refractivity contribution in [2.75, 3.05) is 0 Å². The highest BCUT2D eigenvalue weighted by Gasteiger charge is 2.34. The Morgan fingerprint density at radius 3 is 2.48 bits per heavy atom. The minimum atomic E-state index is -0.961. The molecule has 1 amide bonds. The average Bonchev–Trinajstić information content (AvgIpc) is 2.41. The van der Waals surface area contributed by atoms with Crippen LogP contribution in [0.2, 0.25) is 5.02 Å². The number of hydrogen-bond acceptors (Lipinski definition) is 3. The van der Waals surface area contributed by atoms with Crippen molar-refractivity contribution in [2.24, 2.45) is 5.92 Å². The zero-order valence-corrected chi connectivity index (χ0v) is 14.9. The van der Waals surface area contributed by atoms with Gasteiger partial charge < -0.3 is 15.2 Å². The van der Waals surface area contributed by atoms with Crippen LogP contribution in [-0.2, 0) is 9.59 Å². The molecule has 0 bridgehead atoms. The Hall–Kier alpha value is -1.75. The van der Waals surface area contributed by atoms with Gasteiger partial charge in [-0.3, -0.25) is 9.59 Å². The van der Waals surface area contributed by atoms with Gasteiger partial charge in [-0.1, -0.05) is 31.5 Å². The van der Waals surface area contributed by atoms with Crippen molar-refractivity contribution < 1.29 is 19.4 Å². The first kappa shape index (κ1) is 19.3. The molecule has 1 rings (SSSR count). The van der Waals surface area contributed by atoms with Gasteiger partial charge in [-0.05, 0) is 44.4 Å². The largest absolute Gasteiger partial charge is 0.481 e. The van der Waals surface area contributed by atoms with E-state index in [0.717, 1.165) is 5.56 Å². The van der Waals surface area contributed by atoms with E-state index in [9.17, 15) is 9.59 Å². The zero-order chi connectivity index (χ0) is 17.8. The standard InChI is InChI=1S/C17H24ClNO4/c1-10(2)17(5,9-15(20)21)19-16(22)12(4)23-14-8-11(3)6-7-13(14)18/h6-8,10,12H,9H2,1-5H3,(H,19,22)(H,20,21). The van der Waals surface area contributed by atoms with Gasteiger partial charge in [0.15, 0.2) is 6.10 Å². The quantitative estimate of drug-likeness (QED) is 0.796. The maximum Gasteiger partial charge on any atom is 0.305 e. The SMILES string of the molecule is Cc1ccc(Cl)c(OC(C)C(=O)NC(C)(CC(=O)O)C(C)C)c1. The molecule has 128 valence electrons. The first-order valence-corrected chi connectivity index (χ1v) is 7.89. The lowest BCUT2D eigenvalue weighted by molar-refractivity contribution is -0.140. The number of carbonyl (C=O) groups is 2. The lowest BCUT2D eigenvalue weighted by Gasteiger charge is -2.34. The van der Waals surface area contributed by atoms with Crippen LogP contribution in [0.25, 0.3) is 0 Å². The van der Waals surface area contributed by atoms with Crippen molar-refractivity contribution in [3.63, 3.8) is 0 Å². The minimum absolute atomic E-state index is 0.0442. The summed E-state index contributed by atoms with van der Waals surface area (Å²) in [5, 5.41) is 12.3. The second-order valence-electron chi connectivity index (χ2n) is 6.33. The van der Waals surface area contributed by atoms with Gasteiger partial charge in [-0.25, -0.2) is 0 Å². The third-order valence-electron chi connectivity index (χ3n) is 3.96. The van der Waals surface area contributed by atoms with Gasteiger partial charge in [0, 0.05) is 0 Å². The van der Waals surface area contributed by atoms with E-state index in [1.54, 1.807) is 26.0 Å². The van der Waals surface area contributed by atoms with Crippen LogP contribution in [-0.4, -0.2) is 28.6 Å². The minimum Gasteiger partial charge on any atom is -0.481 e. The second-order valence-corrected chi connectivity index (χ2v) is 6.73. The summed E-state index contributed by atoms with van der Waals surface area (Å²) in [6.45, 7) is 8.96. The number of carboxylic acid groups (broad SMARTS) is 1. The summed E-state index contributed by atoms with van der Waals surface area (Å²) in [6, 6.07) is 5.31. The first-order chi connectivity index (χ1) is 10.5. The van der Waals surface area contributed by atoms with E-state index < -0.39 is 17.6 Å². The van der Waals surface area contributed by atoms with Gasteiger partial charge in [0.25, 0.3) is 5.91 Å². The van der Waals surface area contributed by atoms with E-state index in [2.05, 4.69) is 5.32 Å².